The first-order chi connectivity index (χ1) is 13.2. The van der Waals surface area contributed by atoms with Crippen LogP contribution in [-0.4, -0.2) is 20.8 Å². The van der Waals surface area contributed by atoms with Crippen molar-refractivity contribution < 1.29 is 5.11 Å². The summed E-state index contributed by atoms with van der Waals surface area (Å²) in [7, 11) is 0. The monoisotopic (exact) mass is 376 g/mol. The van der Waals surface area contributed by atoms with Gasteiger partial charge in [0.1, 0.15) is 4.83 Å². The first kappa shape index (κ1) is 17.6. The topological polar surface area (TPSA) is 55.1 Å². The lowest BCUT2D eigenvalue weighted by Crippen LogP contribution is -2.26. The van der Waals surface area contributed by atoms with Crippen LogP contribution in [0.4, 0.5) is 0 Å². The molecule has 2 aromatic heterocycles. The molecule has 0 bridgehead atoms. The number of aliphatic hydroxyl groups is 1. The van der Waals surface area contributed by atoms with Crippen LogP contribution in [0.25, 0.3) is 20.7 Å². The van der Waals surface area contributed by atoms with Crippen LogP contribution in [0.2, 0.25) is 0 Å². The quantitative estimate of drug-likeness (QED) is 0.551. The molecule has 2 heterocycles. The number of hydrogen-bond acceptors (Lipinski definition) is 4. The van der Waals surface area contributed by atoms with E-state index in [2.05, 4.69) is 4.98 Å². The maximum atomic E-state index is 12.8. The molecule has 0 aliphatic rings. The van der Waals surface area contributed by atoms with Crippen molar-refractivity contribution in [1.82, 2.24) is 9.55 Å². The molecule has 136 valence electrons. The number of fused-ring (bicyclic) bond motifs is 1. The Morgan fingerprint density at radius 2 is 1.74 bits per heavy atom. The molecule has 27 heavy (non-hydrogen) atoms. The minimum atomic E-state index is -0.589. The van der Waals surface area contributed by atoms with Crippen LogP contribution >= 0.6 is 11.3 Å². The van der Waals surface area contributed by atoms with Crippen molar-refractivity contribution >= 4 is 21.6 Å². The van der Waals surface area contributed by atoms with E-state index in [-0.39, 0.29) is 12.1 Å². The van der Waals surface area contributed by atoms with E-state index in [0.29, 0.717) is 11.8 Å². The molecule has 1 N–H and O–H groups in total. The number of hydrogen-bond donors (Lipinski definition) is 1. The lowest BCUT2D eigenvalue weighted by Gasteiger charge is -2.12. The molecule has 0 saturated heterocycles. The van der Waals surface area contributed by atoms with Gasteiger partial charge >= 0.3 is 0 Å². The lowest BCUT2D eigenvalue weighted by atomic mass is 10.1. The molecular formula is C22H20N2O2S. The zero-order valence-corrected chi connectivity index (χ0v) is 15.6. The predicted octanol–water partition coefficient (Wildman–Crippen LogP) is 4.12. The average Bonchev–Trinajstić information content (AvgIpc) is 3.15. The molecular weight excluding hydrogens is 356 g/mol. The zero-order chi connectivity index (χ0) is 18.6. The van der Waals surface area contributed by atoms with E-state index in [1.807, 2.05) is 66.7 Å². The molecule has 5 heteroatoms. The van der Waals surface area contributed by atoms with Crippen molar-refractivity contribution in [3.8, 4) is 10.4 Å². The van der Waals surface area contributed by atoms with Gasteiger partial charge in [-0.05, 0) is 30.0 Å². The second-order valence-electron chi connectivity index (χ2n) is 6.58. The molecule has 0 saturated carbocycles. The van der Waals surface area contributed by atoms with Crippen molar-refractivity contribution in [3.05, 3.63) is 89.0 Å². The lowest BCUT2D eigenvalue weighted by molar-refractivity contribution is 0.143. The summed E-state index contributed by atoms with van der Waals surface area (Å²) in [6.07, 6.45) is 2.34. The maximum absolute atomic E-state index is 12.8. The molecule has 2 aromatic carbocycles. The van der Waals surface area contributed by atoms with Crippen molar-refractivity contribution in [1.29, 1.82) is 0 Å². The molecule has 0 radical (unpaired) electrons. The van der Waals surface area contributed by atoms with Crippen LogP contribution in [-0.2, 0) is 13.0 Å². The van der Waals surface area contributed by atoms with Crippen LogP contribution in [0.15, 0.2) is 77.9 Å². The maximum Gasteiger partial charge on any atom is 0.262 e. The van der Waals surface area contributed by atoms with Gasteiger partial charge in [0.2, 0.25) is 0 Å². The number of rotatable bonds is 6. The fourth-order valence-corrected chi connectivity index (χ4v) is 4.13. The number of nitrogens with zero attached hydrogens (tertiary/aromatic N) is 2. The fourth-order valence-electron chi connectivity index (χ4n) is 3.13. The SMILES string of the molecule is O=c1c2cc(-c3ccccc3)sc2ncn1CC(O)CCc1ccccc1. The molecule has 4 nitrogen and oxygen atoms in total. The minimum Gasteiger partial charge on any atom is -0.391 e. The van der Waals surface area contributed by atoms with Gasteiger partial charge in [0.25, 0.3) is 5.56 Å². The van der Waals surface area contributed by atoms with E-state index in [0.717, 1.165) is 21.7 Å². The summed E-state index contributed by atoms with van der Waals surface area (Å²) in [4.78, 5) is 19.0. The Hall–Kier alpha value is -2.76. The highest BCUT2D eigenvalue weighted by Gasteiger charge is 2.13. The van der Waals surface area contributed by atoms with Crippen LogP contribution < -0.4 is 5.56 Å². The summed E-state index contributed by atoms with van der Waals surface area (Å²) in [5.74, 6) is 0. The zero-order valence-electron chi connectivity index (χ0n) is 14.8. The summed E-state index contributed by atoms with van der Waals surface area (Å²) in [6.45, 7) is 0.255. The first-order valence-electron chi connectivity index (χ1n) is 8.97. The molecule has 4 aromatic rings. The number of thiophene rings is 1. The highest BCUT2D eigenvalue weighted by Crippen LogP contribution is 2.30. The van der Waals surface area contributed by atoms with Gasteiger partial charge < -0.3 is 5.11 Å². The summed E-state index contributed by atoms with van der Waals surface area (Å²) in [5, 5.41) is 11.0. The Morgan fingerprint density at radius 1 is 1.04 bits per heavy atom. The number of aliphatic hydroxyl groups excluding tert-OH is 1. The second-order valence-corrected chi connectivity index (χ2v) is 7.61. The largest absolute Gasteiger partial charge is 0.391 e. The molecule has 0 aliphatic carbocycles. The van der Waals surface area contributed by atoms with Gasteiger partial charge in [-0.15, -0.1) is 11.3 Å². The smallest absolute Gasteiger partial charge is 0.262 e. The average molecular weight is 376 g/mol. The highest BCUT2D eigenvalue weighted by atomic mass is 32.1. The Labute approximate surface area is 161 Å². The van der Waals surface area contributed by atoms with Crippen LogP contribution in [0, 0.1) is 0 Å². The normalized spacial score (nSPS) is 12.3. The number of benzene rings is 2. The van der Waals surface area contributed by atoms with E-state index < -0.39 is 6.10 Å². The number of aromatic nitrogens is 2. The van der Waals surface area contributed by atoms with E-state index in [1.165, 1.54) is 21.5 Å². The third-order valence-electron chi connectivity index (χ3n) is 4.59. The molecule has 1 atom stereocenters. The first-order valence-corrected chi connectivity index (χ1v) is 9.79. The Morgan fingerprint density at radius 3 is 2.48 bits per heavy atom. The standard InChI is InChI=1S/C22H20N2O2S/c25-18(12-11-16-7-3-1-4-8-16)14-24-15-23-21-19(22(24)26)13-20(27-21)17-9-5-2-6-10-17/h1-10,13,15,18,25H,11-12,14H2. The van der Waals surface area contributed by atoms with Gasteiger partial charge in [0.05, 0.1) is 24.4 Å². The molecule has 0 fully saturated rings. The van der Waals surface area contributed by atoms with Gasteiger partial charge in [-0.2, -0.15) is 0 Å². The summed E-state index contributed by atoms with van der Waals surface area (Å²) in [6, 6.07) is 21.9. The third kappa shape index (κ3) is 3.99. The molecule has 0 spiro atoms. The van der Waals surface area contributed by atoms with E-state index in [1.54, 1.807) is 6.33 Å². The van der Waals surface area contributed by atoms with Gasteiger partial charge in [0, 0.05) is 4.88 Å². The fraction of sp³-hybridized carbons (Fsp3) is 0.182. The summed E-state index contributed by atoms with van der Waals surface area (Å²) >= 11 is 1.51. The van der Waals surface area contributed by atoms with Crippen LogP contribution in [0.3, 0.4) is 0 Å². The van der Waals surface area contributed by atoms with Gasteiger partial charge in [-0.25, -0.2) is 4.98 Å². The minimum absolute atomic E-state index is 0.0998. The molecule has 0 aliphatic heterocycles. The van der Waals surface area contributed by atoms with Crippen molar-refractivity contribution in [2.75, 3.05) is 0 Å². The third-order valence-corrected chi connectivity index (χ3v) is 5.69. The molecule has 4 rings (SSSR count). The highest BCUT2D eigenvalue weighted by molar-refractivity contribution is 7.21. The second kappa shape index (κ2) is 7.86. The van der Waals surface area contributed by atoms with Gasteiger partial charge in [0.15, 0.2) is 0 Å². The summed E-state index contributed by atoms with van der Waals surface area (Å²) in [5.41, 5.74) is 2.16. The number of aryl methyl sites for hydroxylation is 1. The Balaban J connectivity index is 1.52. The molecule has 1 unspecified atom stereocenters. The van der Waals surface area contributed by atoms with Crippen molar-refractivity contribution in [2.45, 2.75) is 25.5 Å². The van der Waals surface area contributed by atoms with Gasteiger partial charge in [-0.1, -0.05) is 60.7 Å². The molecule has 0 amide bonds. The Kier molecular flexibility index (Phi) is 5.14. The Bertz CT molecular complexity index is 1090. The predicted molar refractivity (Wildman–Crippen MR) is 110 cm³/mol. The van der Waals surface area contributed by atoms with E-state index >= 15 is 0 Å². The van der Waals surface area contributed by atoms with Gasteiger partial charge in [-0.3, -0.25) is 9.36 Å². The van der Waals surface area contributed by atoms with E-state index in [9.17, 15) is 9.90 Å². The van der Waals surface area contributed by atoms with E-state index in [4.69, 9.17) is 0 Å². The van der Waals surface area contributed by atoms with Crippen LogP contribution in [0.5, 0.6) is 0 Å². The van der Waals surface area contributed by atoms with Crippen LogP contribution in [0.1, 0.15) is 12.0 Å². The summed E-state index contributed by atoms with van der Waals surface area (Å²) < 4.78 is 1.51. The van der Waals surface area contributed by atoms with Crippen molar-refractivity contribution in [2.24, 2.45) is 0 Å². The van der Waals surface area contributed by atoms with Crippen molar-refractivity contribution in [3.63, 3.8) is 0 Å².